The van der Waals surface area contributed by atoms with Crippen molar-refractivity contribution in [2.75, 3.05) is 10.6 Å². The molecule has 2 aromatic carbocycles. The highest BCUT2D eigenvalue weighted by Gasteiger charge is 2.13. The van der Waals surface area contributed by atoms with Crippen LogP contribution in [0.3, 0.4) is 0 Å². The molecule has 1 unspecified atom stereocenters. The third-order valence-corrected chi connectivity index (χ3v) is 3.20. The van der Waals surface area contributed by atoms with Crippen LogP contribution in [0.5, 0.6) is 0 Å². The quantitative estimate of drug-likeness (QED) is 0.886. The van der Waals surface area contributed by atoms with Gasteiger partial charge in [-0.3, -0.25) is 4.79 Å². The zero-order chi connectivity index (χ0) is 14.5. The Balaban J connectivity index is 2.02. The summed E-state index contributed by atoms with van der Waals surface area (Å²) in [5.41, 5.74) is 4.01. The predicted octanol–water partition coefficient (Wildman–Crippen LogP) is 3.74. The van der Waals surface area contributed by atoms with Gasteiger partial charge in [-0.05, 0) is 50.1 Å². The number of rotatable bonds is 4. The van der Waals surface area contributed by atoms with Crippen LogP contribution in [0.15, 0.2) is 48.5 Å². The van der Waals surface area contributed by atoms with E-state index in [9.17, 15) is 4.79 Å². The molecule has 0 aliphatic carbocycles. The lowest BCUT2D eigenvalue weighted by Gasteiger charge is -2.16. The first kappa shape index (κ1) is 14.1. The summed E-state index contributed by atoms with van der Waals surface area (Å²) in [7, 11) is 0. The SMILES string of the molecule is Cc1ccc(C)c(NC(=O)C(C)Nc2ccccc2)c1. The second kappa shape index (κ2) is 6.24. The van der Waals surface area contributed by atoms with E-state index in [0.29, 0.717) is 0 Å². The molecular formula is C17H20N2O. The van der Waals surface area contributed by atoms with Crippen LogP contribution in [0.1, 0.15) is 18.1 Å². The molecule has 0 saturated carbocycles. The third kappa shape index (κ3) is 3.60. The fraction of sp³-hybridized carbons (Fsp3) is 0.235. The summed E-state index contributed by atoms with van der Waals surface area (Å²) in [6.45, 7) is 5.86. The predicted molar refractivity (Wildman–Crippen MR) is 84.1 cm³/mol. The molecule has 0 radical (unpaired) electrons. The molecule has 20 heavy (non-hydrogen) atoms. The Morgan fingerprint density at radius 1 is 1.05 bits per heavy atom. The van der Waals surface area contributed by atoms with Gasteiger partial charge < -0.3 is 10.6 Å². The monoisotopic (exact) mass is 268 g/mol. The summed E-state index contributed by atoms with van der Waals surface area (Å²) < 4.78 is 0. The molecule has 1 amide bonds. The lowest BCUT2D eigenvalue weighted by atomic mass is 10.1. The summed E-state index contributed by atoms with van der Waals surface area (Å²) in [5, 5.41) is 6.15. The van der Waals surface area contributed by atoms with E-state index >= 15 is 0 Å². The third-order valence-electron chi connectivity index (χ3n) is 3.20. The van der Waals surface area contributed by atoms with Gasteiger partial charge in [0.1, 0.15) is 6.04 Å². The first-order chi connectivity index (χ1) is 9.56. The summed E-state index contributed by atoms with van der Waals surface area (Å²) in [6, 6.07) is 15.5. The highest BCUT2D eigenvalue weighted by molar-refractivity contribution is 5.96. The number of para-hydroxylation sites is 1. The average molecular weight is 268 g/mol. The molecule has 3 heteroatoms. The molecule has 0 aliphatic heterocycles. The standard InChI is InChI=1S/C17H20N2O/c1-12-9-10-13(2)16(11-12)19-17(20)14(3)18-15-7-5-4-6-8-15/h4-11,14,18H,1-3H3,(H,19,20). The average Bonchev–Trinajstić information content (AvgIpc) is 2.44. The summed E-state index contributed by atoms with van der Waals surface area (Å²) in [5.74, 6) is -0.0393. The molecule has 0 saturated heterocycles. The van der Waals surface area contributed by atoms with E-state index in [0.717, 1.165) is 22.5 Å². The topological polar surface area (TPSA) is 41.1 Å². The van der Waals surface area contributed by atoms with Crippen molar-refractivity contribution in [2.24, 2.45) is 0 Å². The zero-order valence-electron chi connectivity index (χ0n) is 12.1. The summed E-state index contributed by atoms with van der Waals surface area (Å²) >= 11 is 0. The maximum atomic E-state index is 12.2. The molecule has 0 fully saturated rings. The molecule has 104 valence electrons. The molecule has 0 aromatic heterocycles. The molecule has 0 spiro atoms. The van der Waals surface area contributed by atoms with Crippen molar-refractivity contribution in [2.45, 2.75) is 26.8 Å². The Morgan fingerprint density at radius 3 is 2.45 bits per heavy atom. The number of carbonyl (C=O) groups excluding carboxylic acids is 1. The van der Waals surface area contributed by atoms with Gasteiger partial charge in [-0.15, -0.1) is 0 Å². The van der Waals surface area contributed by atoms with Crippen LogP contribution < -0.4 is 10.6 Å². The first-order valence-corrected chi connectivity index (χ1v) is 6.76. The lowest BCUT2D eigenvalue weighted by Crippen LogP contribution is -2.32. The molecule has 0 heterocycles. The van der Waals surface area contributed by atoms with Gasteiger partial charge in [0.2, 0.25) is 5.91 Å². The number of amides is 1. The largest absolute Gasteiger partial charge is 0.374 e. The van der Waals surface area contributed by atoms with Crippen molar-refractivity contribution < 1.29 is 4.79 Å². The number of benzene rings is 2. The molecule has 1 atom stereocenters. The van der Waals surface area contributed by atoms with Gasteiger partial charge in [0.15, 0.2) is 0 Å². The van der Waals surface area contributed by atoms with Crippen LogP contribution in [0.2, 0.25) is 0 Å². The summed E-state index contributed by atoms with van der Waals surface area (Å²) in [4.78, 5) is 12.2. The molecule has 2 rings (SSSR count). The van der Waals surface area contributed by atoms with Crippen LogP contribution in [-0.2, 0) is 4.79 Å². The molecular weight excluding hydrogens is 248 g/mol. The number of carbonyl (C=O) groups is 1. The Hall–Kier alpha value is -2.29. The highest BCUT2D eigenvalue weighted by atomic mass is 16.2. The van der Waals surface area contributed by atoms with Crippen molar-refractivity contribution in [3.63, 3.8) is 0 Å². The second-order valence-corrected chi connectivity index (χ2v) is 5.04. The van der Waals surface area contributed by atoms with Crippen LogP contribution >= 0.6 is 0 Å². The van der Waals surface area contributed by atoms with Crippen molar-refractivity contribution in [3.05, 3.63) is 59.7 Å². The van der Waals surface area contributed by atoms with Gasteiger partial charge in [0.25, 0.3) is 0 Å². The minimum absolute atomic E-state index is 0.0393. The Kier molecular flexibility index (Phi) is 4.41. The molecule has 2 N–H and O–H groups in total. The van der Waals surface area contributed by atoms with Crippen LogP contribution in [-0.4, -0.2) is 11.9 Å². The number of aryl methyl sites for hydroxylation is 2. The van der Waals surface area contributed by atoms with Gasteiger partial charge >= 0.3 is 0 Å². The number of hydrogen-bond acceptors (Lipinski definition) is 2. The van der Waals surface area contributed by atoms with E-state index in [1.54, 1.807) is 0 Å². The molecule has 3 nitrogen and oxygen atoms in total. The molecule has 2 aromatic rings. The van der Waals surface area contributed by atoms with Crippen molar-refractivity contribution in [3.8, 4) is 0 Å². The fourth-order valence-electron chi connectivity index (χ4n) is 1.96. The van der Waals surface area contributed by atoms with Gasteiger partial charge in [-0.25, -0.2) is 0 Å². The van der Waals surface area contributed by atoms with Gasteiger partial charge in [0, 0.05) is 11.4 Å². The van der Waals surface area contributed by atoms with Crippen LogP contribution in [0.25, 0.3) is 0 Å². The normalized spacial score (nSPS) is 11.8. The summed E-state index contributed by atoms with van der Waals surface area (Å²) in [6.07, 6.45) is 0. The Morgan fingerprint density at radius 2 is 1.75 bits per heavy atom. The highest BCUT2D eigenvalue weighted by Crippen LogP contribution is 2.17. The molecule has 0 aliphatic rings. The van der Waals surface area contributed by atoms with Gasteiger partial charge in [-0.1, -0.05) is 30.3 Å². The Labute approximate surface area is 120 Å². The number of hydrogen-bond donors (Lipinski definition) is 2. The van der Waals surface area contributed by atoms with Crippen LogP contribution in [0.4, 0.5) is 11.4 Å². The molecule has 0 bridgehead atoms. The van der Waals surface area contributed by atoms with Crippen molar-refractivity contribution >= 4 is 17.3 Å². The van der Waals surface area contributed by atoms with Crippen LogP contribution in [0, 0.1) is 13.8 Å². The van der Waals surface area contributed by atoms with E-state index in [2.05, 4.69) is 10.6 Å². The fourth-order valence-corrected chi connectivity index (χ4v) is 1.96. The minimum atomic E-state index is -0.294. The maximum absolute atomic E-state index is 12.2. The van der Waals surface area contributed by atoms with Crippen molar-refractivity contribution in [1.29, 1.82) is 0 Å². The van der Waals surface area contributed by atoms with Crippen molar-refractivity contribution in [1.82, 2.24) is 0 Å². The maximum Gasteiger partial charge on any atom is 0.246 e. The Bertz CT molecular complexity index is 593. The minimum Gasteiger partial charge on any atom is -0.374 e. The van der Waals surface area contributed by atoms with E-state index in [1.807, 2.05) is 69.3 Å². The smallest absolute Gasteiger partial charge is 0.246 e. The van der Waals surface area contributed by atoms with E-state index in [1.165, 1.54) is 0 Å². The number of anilines is 2. The van der Waals surface area contributed by atoms with Gasteiger partial charge in [0.05, 0.1) is 0 Å². The van der Waals surface area contributed by atoms with E-state index in [4.69, 9.17) is 0 Å². The lowest BCUT2D eigenvalue weighted by molar-refractivity contribution is -0.116. The van der Waals surface area contributed by atoms with E-state index in [-0.39, 0.29) is 11.9 Å². The zero-order valence-corrected chi connectivity index (χ0v) is 12.1. The van der Waals surface area contributed by atoms with E-state index < -0.39 is 0 Å². The van der Waals surface area contributed by atoms with Gasteiger partial charge in [-0.2, -0.15) is 0 Å². The first-order valence-electron chi connectivity index (χ1n) is 6.76. The second-order valence-electron chi connectivity index (χ2n) is 5.04. The number of nitrogens with one attached hydrogen (secondary N) is 2.